The number of anilines is 1. The quantitative estimate of drug-likeness (QED) is 0.903. The summed E-state index contributed by atoms with van der Waals surface area (Å²) < 4.78 is 10.5. The average Bonchev–Trinajstić information content (AvgIpc) is 2.53. The van der Waals surface area contributed by atoms with Crippen molar-refractivity contribution in [1.82, 2.24) is 4.98 Å². The van der Waals surface area contributed by atoms with E-state index in [4.69, 9.17) is 14.7 Å². The number of nitrogens with one attached hydrogen (secondary N) is 1. The molecule has 5 nitrogen and oxygen atoms in total. The van der Waals surface area contributed by atoms with Crippen LogP contribution in [-0.4, -0.2) is 19.2 Å². The highest BCUT2D eigenvalue weighted by Crippen LogP contribution is 2.25. The fourth-order valence-corrected chi connectivity index (χ4v) is 1.76. The van der Waals surface area contributed by atoms with Crippen LogP contribution in [-0.2, 0) is 6.54 Å². The largest absolute Gasteiger partial charge is 0.497 e. The SMILES string of the molecule is COc1ccc(CNc2ccc(C#N)nc2)c(OC)c1. The van der Waals surface area contributed by atoms with Crippen molar-refractivity contribution in [3.8, 4) is 17.6 Å². The van der Waals surface area contributed by atoms with E-state index in [0.29, 0.717) is 12.2 Å². The molecule has 0 saturated carbocycles. The van der Waals surface area contributed by atoms with Crippen LogP contribution in [0.5, 0.6) is 11.5 Å². The van der Waals surface area contributed by atoms with Gasteiger partial charge in [-0.2, -0.15) is 5.26 Å². The third-order valence-electron chi connectivity index (χ3n) is 2.86. The predicted octanol–water partition coefficient (Wildman–Crippen LogP) is 2.58. The molecule has 2 aromatic rings. The first-order valence-corrected chi connectivity index (χ1v) is 6.07. The Bertz CT molecular complexity index is 618. The zero-order chi connectivity index (χ0) is 14.4. The maximum absolute atomic E-state index is 8.69. The summed E-state index contributed by atoms with van der Waals surface area (Å²) in [6.07, 6.45) is 1.63. The second-order valence-corrected chi connectivity index (χ2v) is 4.08. The van der Waals surface area contributed by atoms with Crippen molar-refractivity contribution in [3.63, 3.8) is 0 Å². The number of hydrogen-bond acceptors (Lipinski definition) is 5. The Morgan fingerprint density at radius 3 is 2.65 bits per heavy atom. The van der Waals surface area contributed by atoms with Crippen LogP contribution in [0.4, 0.5) is 5.69 Å². The van der Waals surface area contributed by atoms with E-state index in [2.05, 4.69) is 10.3 Å². The first-order chi connectivity index (χ1) is 9.76. The van der Waals surface area contributed by atoms with Gasteiger partial charge < -0.3 is 14.8 Å². The monoisotopic (exact) mass is 269 g/mol. The molecule has 0 amide bonds. The second kappa shape index (κ2) is 6.43. The van der Waals surface area contributed by atoms with Crippen LogP contribution in [0.3, 0.4) is 0 Å². The van der Waals surface area contributed by atoms with E-state index >= 15 is 0 Å². The number of rotatable bonds is 5. The molecule has 0 saturated heterocycles. The first-order valence-electron chi connectivity index (χ1n) is 6.07. The number of nitriles is 1. The molecule has 1 N–H and O–H groups in total. The summed E-state index contributed by atoms with van der Waals surface area (Å²) >= 11 is 0. The van der Waals surface area contributed by atoms with Crippen LogP contribution >= 0.6 is 0 Å². The van der Waals surface area contributed by atoms with E-state index in [-0.39, 0.29) is 0 Å². The van der Waals surface area contributed by atoms with Gasteiger partial charge in [-0.15, -0.1) is 0 Å². The maximum Gasteiger partial charge on any atom is 0.140 e. The summed E-state index contributed by atoms with van der Waals surface area (Å²) in [7, 11) is 3.25. The minimum atomic E-state index is 0.401. The molecule has 20 heavy (non-hydrogen) atoms. The fraction of sp³-hybridized carbons (Fsp3) is 0.200. The Hall–Kier alpha value is -2.74. The van der Waals surface area contributed by atoms with E-state index in [9.17, 15) is 0 Å². The third kappa shape index (κ3) is 3.18. The van der Waals surface area contributed by atoms with Gasteiger partial charge >= 0.3 is 0 Å². The van der Waals surface area contributed by atoms with E-state index < -0.39 is 0 Å². The summed E-state index contributed by atoms with van der Waals surface area (Å²) in [5, 5.41) is 11.9. The predicted molar refractivity (Wildman–Crippen MR) is 75.8 cm³/mol. The highest BCUT2D eigenvalue weighted by Gasteiger charge is 2.05. The van der Waals surface area contributed by atoms with E-state index in [0.717, 1.165) is 22.7 Å². The lowest BCUT2D eigenvalue weighted by molar-refractivity contribution is 0.391. The Kier molecular flexibility index (Phi) is 4.40. The smallest absolute Gasteiger partial charge is 0.140 e. The summed E-state index contributed by atoms with van der Waals surface area (Å²) in [6.45, 7) is 0.598. The van der Waals surface area contributed by atoms with Crippen LogP contribution < -0.4 is 14.8 Å². The highest BCUT2D eigenvalue weighted by molar-refractivity contribution is 5.46. The van der Waals surface area contributed by atoms with Gasteiger partial charge in [0.1, 0.15) is 23.3 Å². The molecule has 0 unspecified atom stereocenters. The van der Waals surface area contributed by atoms with Crippen molar-refractivity contribution < 1.29 is 9.47 Å². The third-order valence-corrected chi connectivity index (χ3v) is 2.86. The number of benzene rings is 1. The molecule has 102 valence electrons. The zero-order valence-electron chi connectivity index (χ0n) is 11.4. The number of hydrogen-bond donors (Lipinski definition) is 1. The van der Waals surface area contributed by atoms with E-state index in [1.54, 1.807) is 26.5 Å². The van der Waals surface area contributed by atoms with Gasteiger partial charge in [-0.25, -0.2) is 4.98 Å². The van der Waals surface area contributed by atoms with Crippen LogP contribution in [0, 0.1) is 11.3 Å². The molecule has 0 bridgehead atoms. The van der Waals surface area contributed by atoms with Crippen molar-refractivity contribution in [3.05, 3.63) is 47.8 Å². The highest BCUT2D eigenvalue weighted by atomic mass is 16.5. The Morgan fingerprint density at radius 1 is 1.20 bits per heavy atom. The Morgan fingerprint density at radius 2 is 2.05 bits per heavy atom. The Labute approximate surface area is 117 Å². The van der Waals surface area contributed by atoms with Gasteiger partial charge in [-0.05, 0) is 24.3 Å². The molecule has 0 aliphatic heterocycles. The zero-order valence-corrected chi connectivity index (χ0v) is 11.4. The van der Waals surface area contributed by atoms with E-state index in [1.165, 1.54) is 0 Å². The number of pyridine rings is 1. The second-order valence-electron chi connectivity index (χ2n) is 4.08. The van der Waals surface area contributed by atoms with Gasteiger partial charge in [0.15, 0.2) is 0 Å². The van der Waals surface area contributed by atoms with Crippen LogP contribution in [0.2, 0.25) is 0 Å². The number of aromatic nitrogens is 1. The molecule has 0 radical (unpaired) electrons. The number of ether oxygens (including phenoxy) is 2. The van der Waals surface area contributed by atoms with Gasteiger partial charge in [-0.3, -0.25) is 0 Å². The van der Waals surface area contributed by atoms with Gasteiger partial charge in [0.25, 0.3) is 0 Å². The standard InChI is InChI=1S/C15H15N3O2/c1-19-14-6-3-11(15(7-14)20-2)9-17-13-5-4-12(8-16)18-10-13/h3-7,10,17H,9H2,1-2H3. The van der Waals surface area contributed by atoms with Crippen LogP contribution in [0.15, 0.2) is 36.5 Å². The van der Waals surface area contributed by atoms with Crippen molar-refractivity contribution in [2.24, 2.45) is 0 Å². The lowest BCUT2D eigenvalue weighted by Gasteiger charge is -2.11. The summed E-state index contributed by atoms with van der Waals surface area (Å²) in [5.74, 6) is 1.52. The van der Waals surface area contributed by atoms with Crippen molar-refractivity contribution in [2.75, 3.05) is 19.5 Å². The molecule has 0 atom stereocenters. The molecule has 1 heterocycles. The topological polar surface area (TPSA) is 67.2 Å². The Balaban J connectivity index is 2.08. The van der Waals surface area contributed by atoms with Crippen molar-refractivity contribution in [2.45, 2.75) is 6.54 Å². The van der Waals surface area contributed by atoms with Crippen LogP contribution in [0.1, 0.15) is 11.3 Å². The number of methoxy groups -OCH3 is 2. The van der Waals surface area contributed by atoms with Crippen molar-refractivity contribution >= 4 is 5.69 Å². The fourth-order valence-electron chi connectivity index (χ4n) is 1.76. The van der Waals surface area contributed by atoms with Gasteiger partial charge in [0, 0.05) is 18.2 Å². The molecule has 2 rings (SSSR count). The lowest BCUT2D eigenvalue weighted by Crippen LogP contribution is -2.02. The molecule has 0 aliphatic carbocycles. The molecule has 0 spiro atoms. The van der Waals surface area contributed by atoms with Crippen molar-refractivity contribution in [1.29, 1.82) is 5.26 Å². The summed E-state index contributed by atoms with van der Waals surface area (Å²) in [4.78, 5) is 4.00. The lowest BCUT2D eigenvalue weighted by atomic mass is 10.2. The molecule has 1 aromatic heterocycles. The molecule has 0 fully saturated rings. The maximum atomic E-state index is 8.69. The van der Waals surface area contributed by atoms with Crippen LogP contribution in [0.25, 0.3) is 0 Å². The molecule has 5 heteroatoms. The van der Waals surface area contributed by atoms with Gasteiger partial charge in [0.05, 0.1) is 26.1 Å². The normalized spacial score (nSPS) is 9.65. The number of nitrogens with zero attached hydrogens (tertiary/aromatic N) is 2. The minimum Gasteiger partial charge on any atom is -0.497 e. The molecular weight excluding hydrogens is 254 g/mol. The average molecular weight is 269 g/mol. The molecule has 1 aromatic carbocycles. The molecular formula is C15H15N3O2. The first kappa shape index (κ1) is 13.7. The minimum absolute atomic E-state index is 0.401. The molecule has 0 aliphatic rings. The van der Waals surface area contributed by atoms with Gasteiger partial charge in [-0.1, -0.05) is 0 Å². The summed E-state index contributed by atoms with van der Waals surface area (Å²) in [6, 6.07) is 11.2. The summed E-state index contributed by atoms with van der Waals surface area (Å²) in [5.41, 5.74) is 2.26. The van der Waals surface area contributed by atoms with E-state index in [1.807, 2.05) is 30.3 Å². The van der Waals surface area contributed by atoms with Gasteiger partial charge in [0.2, 0.25) is 0 Å².